The number of rotatable bonds is 4. The number of carboxylic acid groups (broad SMARTS) is 1. The molecule has 1 aliphatic carbocycles. The van der Waals surface area contributed by atoms with E-state index in [0.29, 0.717) is 12.8 Å². The third-order valence-corrected chi connectivity index (χ3v) is 3.63. The Balaban J connectivity index is 2.20. The number of benzene rings is 1. The van der Waals surface area contributed by atoms with Crippen LogP contribution in [0.15, 0.2) is 18.2 Å². The largest absolute Gasteiger partial charge is 0.481 e. The molecule has 0 unspecified atom stereocenters. The Kier molecular flexibility index (Phi) is 4.01. The normalized spacial score (nSPS) is 16.9. The van der Waals surface area contributed by atoms with Gasteiger partial charge in [-0.25, -0.2) is 8.78 Å². The minimum atomic E-state index is -1.21. The Morgan fingerprint density at radius 3 is 2.50 bits per heavy atom. The molecule has 0 aliphatic heterocycles. The molecular weight excluding hydrogens is 268 g/mol. The molecule has 6 heteroatoms. The molecule has 1 saturated carbocycles. The first-order valence-corrected chi connectivity index (χ1v) is 6.42. The van der Waals surface area contributed by atoms with Gasteiger partial charge >= 0.3 is 5.97 Å². The van der Waals surface area contributed by atoms with Crippen LogP contribution in [0.4, 0.5) is 8.78 Å². The lowest BCUT2D eigenvalue weighted by Crippen LogP contribution is -2.48. The van der Waals surface area contributed by atoms with Crippen molar-refractivity contribution in [1.82, 2.24) is 5.32 Å². The number of amides is 1. The van der Waals surface area contributed by atoms with Crippen molar-refractivity contribution in [3.63, 3.8) is 0 Å². The Morgan fingerprint density at radius 2 is 1.90 bits per heavy atom. The van der Waals surface area contributed by atoms with Gasteiger partial charge in [-0.2, -0.15) is 0 Å². The van der Waals surface area contributed by atoms with E-state index in [0.717, 1.165) is 18.9 Å². The third-order valence-electron chi connectivity index (χ3n) is 3.63. The van der Waals surface area contributed by atoms with Crippen LogP contribution in [0.3, 0.4) is 0 Å². The second-order valence-corrected chi connectivity index (χ2v) is 5.11. The van der Waals surface area contributed by atoms with Crippen molar-refractivity contribution in [1.29, 1.82) is 0 Å². The first-order valence-electron chi connectivity index (χ1n) is 6.42. The molecule has 1 aliphatic rings. The van der Waals surface area contributed by atoms with Gasteiger partial charge < -0.3 is 10.4 Å². The summed E-state index contributed by atoms with van der Waals surface area (Å²) in [6.45, 7) is 0. The molecular formula is C14H15F2NO3. The van der Waals surface area contributed by atoms with Crippen molar-refractivity contribution in [3.8, 4) is 0 Å². The lowest BCUT2D eigenvalue weighted by molar-refractivity contribution is -0.138. The summed E-state index contributed by atoms with van der Waals surface area (Å²) in [4.78, 5) is 23.0. The highest BCUT2D eigenvalue weighted by Crippen LogP contribution is 2.33. The van der Waals surface area contributed by atoms with Gasteiger partial charge in [0.15, 0.2) is 11.6 Å². The van der Waals surface area contributed by atoms with E-state index in [9.17, 15) is 18.4 Å². The SMILES string of the molecule is O=C(O)CC1(NC(=O)c2cccc(F)c2F)CCCC1. The zero-order valence-corrected chi connectivity index (χ0v) is 10.8. The van der Waals surface area contributed by atoms with Crippen LogP contribution >= 0.6 is 0 Å². The highest BCUT2D eigenvalue weighted by Gasteiger charge is 2.38. The number of hydrogen-bond donors (Lipinski definition) is 2. The van der Waals surface area contributed by atoms with Gasteiger partial charge in [0.05, 0.1) is 17.5 Å². The summed E-state index contributed by atoms with van der Waals surface area (Å²) in [5.74, 6) is -4.11. The molecule has 0 radical (unpaired) electrons. The summed E-state index contributed by atoms with van der Waals surface area (Å²) < 4.78 is 26.7. The number of halogens is 2. The maximum absolute atomic E-state index is 13.6. The fourth-order valence-corrected chi connectivity index (χ4v) is 2.67. The maximum Gasteiger partial charge on any atom is 0.305 e. The fourth-order valence-electron chi connectivity index (χ4n) is 2.67. The average molecular weight is 283 g/mol. The summed E-state index contributed by atoms with van der Waals surface area (Å²) in [5, 5.41) is 11.5. The molecule has 1 amide bonds. The lowest BCUT2D eigenvalue weighted by Gasteiger charge is -2.28. The zero-order chi connectivity index (χ0) is 14.8. The number of hydrogen-bond acceptors (Lipinski definition) is 2. The Morgan fingerprint density at radius 1 is 1.25 bits per heavy atom. The maximum atomic E-state index is 13.6. The minimum absolute atomic E-state index is 0.213. The zero-order valence-electron chi connectivity index (χ0n) is 10.8. The molecule has 108 valence electrons. The summed E-state index contributed by atoms with van der Waals surface area (Å²) in [5.41, 5.74) is -1.26. The van der Waals surface area contributed by atoms with Gasteiger partial charge in [-0.1, -0.05) is 18.9 Å². The van der Waals surface area contributed by atoms with E-state index in [1.165, 1.54) is 12.1 Å². The molecule has 1 aromatic carbocycles. The van der Waals surface area contributed by atoms with E-state index >= 15 is 0 Å². The van der Waals surface area contributed by atoms with Crippen molar-refractivity contribution in [2.75, 3.05) is 0 Å². The van der Waals surface area contributed by atoms with Crippen LogP contribution < -0.4 is 5.32 Å². The van der Waals surface area contributed by atoms with E-state index in [4.69, 9.17) is 5.11 Å². The molecule has 0 bridgehead atoms. The lowest BCUT2D eigenvalue weighted by atomic mass is 9.92. The van der Waals surface area contributed by atoms with Gasteiger partial charge in [0.25, 0.3) is 5.91 Å². The molecule has 1 aromatic rings. The molecule has 0 saturated heterocycles. The molecule has 2 N–H and O–H groups in total. The smallest absolute Gasteiger partial charge is 0.305 e. The van der Waals surface area contributed by atoms with Gasteiger partial charge in [0, 0.05) is 0 Å². The molecule has 0 heterocycles. The average Bonchev–Trinajstić information content (AvgIpc) is 2.79. The van der Waals surface area contributed by atoms with Crippen molar-refractivity contribution in [2.45, 2.75) is 37.6 Å². The second-order valence-electron chi connectivity index (χ2n) is 5.11. The fraction of sp³-hybridized carbons (Fsp3) is 0.429. The van der Waals surface area contributed by atoms with Crippen molar-refractivity contribution >= 4 is 11.9 Å². The Hall–Kier alpha value is -1.98. The molecule has 2 rings (SSSR count). The van der Waals surface area contributed by atoms with Crippen LogP contribution in [0.1, 0.15) is 42.5 Å². The summed E-state index contributed by atoms with van der Waals surface area (Å²) in [6.07, 6.45) is 2.46. The van der Waals surface area contributed by atoms with Crippen LogP contribution in [-0.2, 0) is 4.79 Å². The number of carbonyl (C=O) groups is 2. The molecule has 0 spiro atoms. The van der Waals surface area contributed by atoms with Crippen LogP contribution in [-0.4, -0.2) is 22.5 Å². The van der Waals surface area contributed by atoms with E-state index in [1.54, 1.807) is 0 Å². The van der Waals surface area contributed by atoms with Crippen molar-refractivity contribution in [2.24, 2.45) is 0 Å². The quantitative estimate of drug-likeness (QED) is 0.892. The Labute approximate surface area is 114 Å². The predicted molar refractivity (Wildman–Crippen MR) is 67.3 cm³/mol. The summed E-state index contributed by atoms with van der Waals surface area (Å²) in [6, 6.07) is 3.34. The van der Waals surface area contributed by atoms with Crippen LogP contribution in [0, 0.1) is 11.6 Å². The summed E-state index contributed by atoms with van der Waals surface area (Å²) >= 11 is 0. The minimum Gasteiger partial charge on any atom is -0.481 e. The van der Waals surface area contributed by atoms with Gasteiger partial charge in [0.2, 0.25) is 0 Å². The van der Waals surface area contributed by atoms with Crippen molar-refractivity contribution < 1.29 is 23.5 Å². The first-order chi connectivity index (χ1) is 9.43. The van der Waals surface area contributed by atoms with Gasteiger partial charge in [-0.3, -0.25) is 9.59 Å². The van der Waals surface area contributed by atoms with Gasteiger partial charge in [0.1, 0.15) is 0 Å². The monoisotopic (exact) mass is 283 g/mol. The molecule has 0 aromatic heterocycles. The number of aliphatic carboxylic acids is 1. The highest BCUT2D eigenvalue weighted by molar-refractivity contribution is 5.95. The molecule has 20 heavy (non-hydrogen) atoms. The third kappa shape index (κ3) is 2.95. The van der Waals surface area contributed by atoms with E-state index in [1.807, 2.05) is 0 Å². The van der Waals surface area contributed by atoms with Gasteiger partial charge in [-0.05, 0) is 25.0 Å². The van der Waals surface area contributed by atoms with Crippen LogP contribution in [0.2, 0.25) is 0 Å². The molecule has 4 nitrogen and oxygen atoms in total. The predicted octanol–water partition coefficient (Wildman–Crippen LogP) is 2.48. The Bertz CT molecular complexity index is 539. The molecule has 1 fully saturated rings. The van der Waals surface area contributed by atoms with E-state index in [-0.39, 0.29) is 6.42 Å². The van der Waals surface area contributed by atoms with E-state index in [2.05, 4.69) is 5.32 Å². The summed E-state index contributed by atoms with van der Waals surface area (Å²) in [7, 11) is 0. The standard InChI is InChI=1S/C14H15F2NO3/c15-10-5-3-4-9(12(10)16)13(20)17-14(8-11(18)19)6-1-2-7-14/h3-5H,1-2,6-8H2,(H,17,20)(H,18,19). The van der Waals surface area contributed by atoms with E-state index < -0.39 is 34.6 Å². The van der Waals surface area contributed by atoms with Gasteiger partial charge in [-0.15, -0.1) is 0 Å². The van der Waals surface area contributed by atoms with Crippen LogP contribution in [0.25, 0.3) is 0 Å². The first kappa shape index (κ1) is 14.4. The number of carboxylic acids is 1. The molecule has 0 atom stereocenters. The van der Waals surface area contributed by atoms with Crippen molar-refractivity contribution in [3.05, 3.63) is 35.4 Å². The topological polar surface area (TPSA) is 66.4 Å². The van der Waals surface area contributed by atoms with Crippen LogP contribution in [0.5, 0.6) is 0 Å². The number of carbonyl (C=O) groups excluding carboxylic acids is 1. The highest BCUT2D eigenvalue weighted by atomic mass is 19.2. The number of nitrogens with one attached hydrogen (secondary N) is 1. The second kappa shape index (κ2) is 5.56.